The van der Waals surface area contributed by atoms with Crippen LogP contribution in [-0.4, -0.2) is 0 Å². The van der Waals surface area contributed by atoms with E-state index in [2.05, 4.69) is 85.5 Å². The van der Waals surface area contributed by atoms with Crippen LogP contribution in [0.25, 0.3) is 10.8 Å². The second-order valence-corrected chi connectivity index (χ2v) is 5.26. The smallest absolute Gasteiger partial charge is 0.0255 e. The molecule has 0 fully saturated rings. The van der Waals surface area contributed by atoms with Gasteiger partial charge in [0.25, 0.3) is 0 Å². The third-order valence-electron chi connectivity index (χ3n) is 3.57. The Labute approximate surface area is 126 Å². The zero-order valence-corrected chi connectivity index (χ0v) is 12.3. The average Bonchev–Trinajstić information content (AvgIpc) is 2.53. The van der Waals surface area contributed by atoms with Gasteiger partial charge in [-0.25, -0.2) is 0 Å². The zero-order chi connectivity index (χ0) is 14.5. The standard InChI is InChI=1S/C21H18/c1-2-6-17-7-5-8-18(15-17)11-12-19-13-14-20-9-3-4-10-21(20)16-19/h3-5,7-10,13-16H,2,6H2,1H3. The molecule has 0 atom stereocenters. The van der Waals surface area contributed by atoms with Gasteiger partial charge in [-0.2, -0.15) is 0 Å². The summed E-state index contributed by atoms with van der Waals surface area (Å²) in [6, 6.07) is 23.3. The molecule has 0 aromatic heterocycles. The molecular weight excluding hydrogens is 252 g/mol. The molecule has 0 heteroatoms. The van der Waals surface area contributed by atoms with Gasteiger partial charge in [0.2, 0.25) is 0 Å². The molecule has 0 spiro atoms. The number of hydrogen-bond acceptors (Lipinski definition) is 0. The van der Waals surface area contributed by atoms with E-state index in [4.69, 9.17) is 0 Å². The minimum Gasteiger partial charge on any atom is -0.0651 e. The van der Waals surface area contributed by atoms with Crippen LogP contribution in [0.2, 0.25) is 0 Å². The van der Waals surface area contributed by atoms with Gasteiger partial charge in [-0.15, -0.1) is 0 Å². The first kappa shape index (κ1) is 13.5. The van der Waals surface area contributed by atoms with Crippen molar-refractivity contribution in [1.29, 1.82) is 0 Å². The highest BCUT2D eigenvalue weighted by atomic mass is 14.0. The van der Waals surface area contributed by atoms with Gasteiger partial charge in [0.1, 0.15) is 0 Å². The Kier molecular flexibility index (Phi) is 4.03. The molecule has 3 aromatic carbocycles. The van der Waals surface area contributed by atoms with E-state index in [1.807, 2.05) is 0 Å². The van der Waals surface area contributed by atoms with Crippen molar-refractivity contribution in [1.82, 2.24) is 0 Å². The van der Waals surface area contributed by atoms with Crippen molar-refractivity contribution in [3.05, 3.63) is 83.4 Å². The van der Waals surface area contributed by atoms with Crippen molar-refractivity contribution >= 4 is 10.8 Å². The molecule has 21 heavy (non-hydrogen) atoms. The van der Waals surface area contributed by atoms with E-state index < -0.39 is 0 Å². The number of hydrogen-bond donors (Lipinski definition) is 0. The number of benzene rings is 3. The Morgan fingerprint density at radius 3 is 2.29 bits per heavy atom. The van der Waals surface area contributed by atoms with Gasteiger partial charge in [0, 0.05) is 11.1 Å². The second kappa shape index (κ2) is 6.29. The van der Waals surface area contributed by atoms with Crippen molar-refractivity contribution in [3.63, 3.8) is 0 Å². The summed E-state index contributed by atoms with van der Waals surface area (Å²) in [6.07, 6.45) is 2.28. The summed E-state index contributed by atoms with van der Waals surface area (Å²) in [5, 5.41) is 2.50. The molecule has 102 valence electrons. The van der Waals surface area contributed by atoms with E-state index in [9.17, 15) is 0 Å². The summed E-state index contributed by atoms with van der Waals surface area (Å²) >= 11 is 0. The van der Waals surface area contributed by atoms with Crippen LogP contribution in [0.1, 0.15) is 30.0 Å². The van der Waals surface area contributed by atoms with E-state index in [1.165, 1.54) is 22.8 Å². The molecule has 0 aliphatic heterocycles. The highest BCUT2D eigenvalue weighted by Crippen LogP contribution is 2.15. The highest BCUT2D eigenvalue weighted by molar-refractivity contribution is 5.83. The van der Waals surface area contributed by atoms with Gasteiger partial charge >= 0.3 is 0 Å². The lowest BCUT2D eigenvalue weighted by Crippen LogP contribution is -1.84. The Morgan fingerprint density at radius 1 is 0.714 bits per heavy atom. The van der Waals surface area contributed by atoms with Crippen LogP contribution < -0.4 is 0 Å². The summed E-state index contributed by atoms with van der Waals surface area (Å²) in [5.74, 6) is 6.55. The molecule has 0 aliphatic carbocycles. The van der Waals surface area contributed by atoms with Gasteiger partial charge in [0.05, 0.1) is 0 Å². The molecule has 0 saturated heterocycles. The lowest BCUT2D eigenvalue weighted by Gasteiger charge is -1.99. The van der Waals surface area contributed by atoms with Crippen molar-refractivity contribution < 1.29 is 0 Å². The lowest BCUT2D eigenvalue weighted by atomic mass is 10.1. The summed E-state index contributed by atoms with van der Waals surface area (Å²) in [5.41, 5.74) is 3.52. The van der Waals surface area contributed by atoms with E-state index in [1.54, 1.807) is 0 Å². The van der Waals surface area contributed by atoms with Gasteiger partial charge in [-0.3, -0.25) is 0 Å². The summed E-state index contributed by atoms with van der Waals surface area (Å²) in [7, 11) is 0. The predicted octanol–water partition coefficient (Wildman–Crippen LogP) is 5.19. The zero-order valence-electron chi connectivity index (χ0n) is 12.3. The Balaban J connectivity index is 1.90. The fourth-order valence-corrected chi connectivity index (χ4v) is 2.50. The molecule has 0 radical (unpaired) electrons. The maximum Gasteiger partial charge on any atom is 0.0255 e. The van der Waals surface area contributed by atoms with Crippen LogP contribution in [0.4, 0.5) is 0 Å². The van der Waals surface area contributed by atoms with Crippen LogP contribution >= 0.6 is 0 Å². The van der Waals surface area contributed by atoms with Crippen LogP contribution in [0.15, 0.2) is 66.7 Å². The number of rotatable bonds is 2. The average molecular weight is 270 g/mol. The number of aryl methyl sites for hydroxylation is 1. The fraction of sp³-hybridized carbons (Fsp3) is 0.143. The van der Waals surface area contributed by atoms with Gasteiger partial charge in [0.15, 0.2) is 0 Å². The summed E-state index contributed by atoms with van der Waals surface area (Å²) in [4.78, 5) is 0. The van der Waals surface area contributed by atoms with Crippen LogP contribution in [0.3, 0.4) is 0 Å². The Bertz CT molecular complexity index is 816. The van der Waals surface area contributed by atoms with Crippen molar-refractivity contribution in [3.8, 4) is 11.8 Å². The SMILES string of the molecule is CCCc1cccc(C#Cc2ccc3ccccc3c2)c1. The molecule has 0 saturated carbocycles. The monoisotopic (exact) mass is 270 g/mol. The van der Waals surface area contributed by atoms with Crippen molar-refractivity contribution in [2.45, 2.75) is 19.8 Å². The maximum absolute atomic E-state index is 3.27. The fourth-order valence-electron chi connectivity index (χ4n) is 2.50. The molecule has 0 aliphatic rings. The molecule has 0 N–H and O–H groups in total. The van der Waals surface area contributed by atoms with Crippen molar-refractivity contribution in [2.75, 3.05) is 0 Å². The quantitative estimate of drug-likeness (QED) is 0.562. The first-order valence-electron chi connectivity index (χ1n) is 7.45. The minimum atomic E-state index is 1.06. The first-order chi connectivity index (χ1) is 10.3. The Hall–Kier alpha value is -2.52. The molecule has 0 unspecified atom stereocenters. The van der Waals surface area contributed by atoms with Crippen LogP contribution in [-0.2, 0) is 6.42 Å². The lowest BCUT2D eigenvalue weighted by molar-refractivity contribution is 0.921. The first-order valence-corrected chi connectivity index (χ1v) is 7.45. The third-order valence-corrected chi connectivity index (χ3v) is 3.57. The van der Waals surface area contributed by atoms with Crippen LogP contribution in [0.5, 0.6) is 0 Å². The van der Waals surface area contributed by atoms with Crippen LogP contribution in [0, 0.1) is 11.8 Å². The van der Waals surface area contributed by atoms with E-state index in [0.29, 0.717) is 0 Å². The predicted molar refractivity (Wildman–Crippen MR) is 90.4 cm³/mol. The molecular formula is C21H18. The van der Waals surface area contributed by atoms with Gasteiger partial charge < -0.3 is 0 Å². The molecule has 0 amide bonds. The molecule has 0 bridgehead atoms. The molecule has 3 aromatic rings. The topological polar surface area (TPSA) is 0 Å². The maximum atomic E-state index is 3.27. The highest BCUT2D eigenvalue weighted by Gasteiger charge is 1.94. The summed E-state index contributed by atoms with van der Waals surface area (Å²) in [6.45, 7) is 2.20. The van der Waals surface area contributed by atoms with Crippen molar-refractivity contribution in [2.24, 2.45) is 0 Å². The Morgan fingerprint density at radius 2 is 1.48 bits per heavy atom. The molecule has 0 heterocycles. The van der Waals surface area contributed by atoms with Gasteiger partial charge in [-0.05, 0) is 47.0 Å². The van der Waals surface area contributed by atoms with E-state index in [-0.39, 0.29) is 0 Å². The molecule has 0 nitrogen and oxygen atoms in total. The third kappa shape index (κ3) is 3.33. The van der Waals surface area contributed by atoms with Gasteiger partial charge in [-0.1, -0.05) is 67.6 Å². The summed E-state index contributed by atoms with van der Waals surface area (Å²) < 4.78 is 0. The normalized spacial score (nSPS) is 10.1. The minimum absolute atomic E-state index is 1.06. The number of fused-ring (bicyclic) bond motifs is 1. The largest absolute Gasteiger partial charge is 0.0651 e. The second-order valence-electron chi connectivity index (χ2n) is 5.26. The molecule has 3 rings (SSSR count). The van der Waals surface area contributed by atoms with E-state index in [0.717, 1.165) is 17.5 Å². The van der Waals surface area contributed by atoms with E-state index >= 15 is 0 Å².